The average Bonchev–Trinajstić information content (AvgIpc) is 2.91. The number of anilines is 1. The van der Waals surface area contributed by atoms with E-state index in [2.05, 4.69) is 5.32 Å². The molecule has 2 aromatic rings. The summed E-state index contributed by atoms with van der Waals surface area (Å²) < 4.78 is 11.0. The molecule has 0 saturated carbocycles. The maximum absolute atomic E-state index is 12.4. The molecule has 0 radical (unpaired) electrons. The molecule has 2 amide bonds. The minimum absolute atomic E-state index is 0.0215. The van der Waals surface area contributed by atoms with Gasteiger partial charge < -0.3 is 9.15 Å². The second kappa shape index (κ2) is 6.92. The number of furan rings is 1. The fraction of sp³-hybridized carbons (Fsp3) is 0.412. The van der Waals surface area contributed by atoms with Crippen LogP contribution >= 0.6 is 0 Å². The summed E-state index contributed by atoms with van der Waals surface area (Å²) in [4.78, 5) is 29.5. The number of nitrogens with one attached hydrogen (secondary N) is 1. The summed E-state index contributed by atoms with van der Waals surface area (Å²) in [5, 5.41) is 4.25. The first-order valence-corrected chi connectivity index (χ1v) is 7.62. The maximum atomic E-state index is 12.4. The lowest BCUT2D eigenvalue weighted by atomic mass is 10.1. The van der Waals surface area contributed by atoms with Crippen LogP contribution in [0.25, 0.3) is 11.0 Å². The number of carbonyl (C=O) groups excluding carboxylic acids is 2. The Hall–Kier alpha value is -2.54. The van der Waals surface area contributed by atoms with Crippen molar-refractivity contribution in [2.75, 3.05) is 19.5 Å². The molecule has 0 aliphatic rings. The van der Waals surface area contributed by atoms with E-state index in [1.165, 1.54) is 14.2 Å². The third kappa shape index (κ3) is 3.68. The van der Waals surface area contributed by atoms with Crippen LogP contribution in [0.2, 0.25) is 0 Å². The zero-order valence-electron chi connectivity index (χ0n) is 14.5. The fourth-order valence-electron chi connectivity index (χ4n) is 2.00. The highest BCUT2D eigenvalue weighted by atomic mass is 16.7. The van der Waals surface area contributed by atoms with E-state index < -0.39 is 17.6 Å². The van der Waals surface area contributed by atoms with Crippen molar-refractivity contribution < 1.29 is 23.6 Å². The van der Waals surface area contributed by atoms with E-state index in [9.17, 15) is 9.59 Å². The summed E-state index contributed by atoms with van der Waals surface area (Å²) in [6.45, 7) is 5.54. The SMILES string of the molecule is CCC(C)(C)OC(=O)Nc1c(C(=O)N(C)OC)oc2ccccc12. The number of rotatable bonds is 5. The first kappa shape index (κ1) is 17.8. The van der Waals surface area contributed by atoms with E-state index in [4.69, 9.17) is 14.0 Å². The van der Waals surface area contributed by atoms with Gasteiger partial charge in [-0.1, -0.05) is 19.1 Å². The molecule has 0 spiro atoms. The van der Waals surface area contributed by atoms with Crippen molar-refractivity contribution in [2.45, 2.75) is 32.8 Å². The highest BCUT2D eigenvalue weighted by Crippen LogP contribution is 2.32. The standard InChI is InChI=1S/C17H22N2O5/c1-6-17(2,3)24-16(21)18-13-11-9-7-8-10-12(11)23-14(13)15(20)19(4)22-5/h7-10H,6H2,1-5H3,(H,18,21). The van der Waals surface area contributed by atoms with E-state index >= 15 is 0 Å². The van der Waals surface area contributed by atoms with Gasteiger partial charge in [0.25, 0.3) is 0 Å². The van der Waals surface area contributed by atoms with Crippen LogP contribution in [0.1, 0.15) is 37.7 Å². The predicted molar refractivity (Wildman–Crippen MR) is 89.8 cm³/mol. The number of amides is 2. The van der Waals surface area contributed by atoms with Crippen LogP contribution in [0.15, 0.2) is 28.7 Å². The Kier molecular flexibility index (Phi) is 5.14. The van der Waals surface area contributed by atoms with Crippen molar-refractivity contribution in [1.82, 2.24) is 5.06 Å². The van der Waals surface area contributed by atoms with Crippen LogP contribution < -0.4 is 5.32 Å². The second-order valence-corrected chi connectivity index (χ2v) is 5.92. The van der Waals surface area contributed by atoms with Crippen molar-refractivity contribution in [3.8, 4) is 0 Å². The summed E-state index contributed by atoms with van der Waals surface area (Å²) in [5.41, 5.74) is 0.128. The Bertz CT molecular complexity index is 751. The van der Waals surface area contributed by atoms with Gasteiger partial charge in [-0.15, -0.1) is 0 Å². The normalized spacial score (nSPS) is 11.4. The Balaban J connectivity index is 2.40. The van der Waals surface area contributed by atoms with Gasteiger partial charge in [-0.2, -0.15) is 0 Å². The molecule has 1 aromatic carbocycles. The number of carbonyl (C=O) groups is 2. The molecular weight excluding hydrogens is 312 g/mol. The molecule has 7 nitrogen and oxygen atoms in total. The van der Waals surface area contributed by atoms with Gasteiger partial charge in [0.1, 0.15) is 16.9 Å². The molecule has 2 rings (SSSR count). The molecule has 24 heavy (non-hydrogen) atoms. The van der Waals surface area contributed by atoms with Crippen molar-refractivity contribution >= 4 is 28.7 Å². The largest absolute Gasteiger partial charge is 0.449 e. The maximum Gasteiger partial charge on any atom is 0.412 e. The molecule has 0 aliphatic heterocycles. The average molecular weight is 334 g/mol. The van der Waals surface area contributed by atoms with Gasteiger partial charge in [-0.05, 0) is 32.4 Å². The molecule has 1 aromatic heterocycles. The minimum atomic E-state index is -0.650. The van der Waals surface area contributed by atoms with Crippen LogP contribution in [0.5, 0.6) is 0 Å². The highest BCUT2D eigenvalue weighted by molar-refractivity contribution is 6.09. The number of hydrogen-bond acceptors (Lipinski definition) is 5. The lowest BCUT2D eigenvalue weighted by Gasteiger charge is -2.23. The third-order valence-electron chi connectivity index (χ3n) is 3.80. The summed E-state index contributed by atoms with van der Waals surface area (Å²) in [5.74, 6) is -0.537. The van der Waals surface area contributed by atoms with Crippen molar-refractivity contribution in [3.05, 3.63) is 30.0 Å². The van der Waals surface area contributed by atoms with Crippen LogP contribution in [-0.2, 0) is 9.57 Å². The number of nitrogens with zero attached hydrogens (tertiary/aromatic N) is 1. The van der Waals surface area contributed by atoms with Gasteiger partial charge in [0.05, 0.1) is 7.11 Å². The quantitative estimate of drug-likeness (QED) is 0.841. The molecule has 0 fully saturated rings. The van der Waals surface area contributed by atoms with E-state index in [-0.39, 0.29) is 11.4 Å². The Morgan fingerprint density at radius 3 is 2.58 bits per heavy atom. The first-order valence-electron chi connectivity index (χ1n) is 7.62. The monoisotopic (exact) mass is 334 g/mol. The zero-order chi connectivity index (χ0) is 17.9. The van der Waals surface area contributed by atoms with E-state index in [1.54, 1.807) is 24.3 Å². The van der Waals surface area contributed by atoms with Crippen molar-refractivity contribution in [3.63, 3.8) is 0 Å². The number of ether oxygens (including phenoxy) is 1. The first-order chi connectivity index (χ1) is 11.3. The molecule has 0 aliphatic carbocycles. The summed E-state index contributed by atoms with van der Waals surface area (Å²) in [6, 6.07) is 7.04. The molecule has 0 unspecified atom stereocenters. The summed E-state index contributed by atoms with van der Waals surface area (Å²) >= 11 is 0. The van der Waals surface area contributed by atoms with Gasteiger partial charge in [0.2, 0.25) is 5.76 Å². The molecule has 0 atom stereocenters. The van der Waals surface area contributed by atoms with Crippen molar-refractivity contribution in [1.29, 1.82) is 0 Å². The second-order valence-electron chi connectivity index (χ2n) is 5.92. The predicted octanol–water partition coefficient (Wildman–Crippen LogP) is 3.80. The number of benzene rings is 1. The van der Waals surface area contributed by atoms with Crippen LogP contribution in [0.4, 0.5) is 10.5 Å². The lowest BCUT2D eigenvalue weighted by Crippen LogP contribution is -2.31. The van der Waals surface area contributed by atoms with Gasteiger partial charge in [0.15, 0.2) is 0 Å². The Morgan fingerprint density at radius 1 is 1.29 bits per heavy atom. The minimum Gasteiger partial charge on any atom is -0.449 e. The number of para-hydroxylation sites is 1. The Labute approximate surface area is 140 Å². The van der Waals surface area contributed by atoms with Gasteiger partial charge >= 0.3 is 12.0 Å². The fourth-order valence-corrected chi connectivity index (χ4v) is 2.00. The van der Waals surface area contributed by atoms with Gasteiger partial charge in [0, 0.05) is 12.4 Å². The summed E-state index contributed by atoms with van der Waals surface area (Å²) in [6.07, 6.45) is 0.00705. The molecular formula is C17H22N2O5. The lowest BCUT2D eigenvalue weighted by molar-refractivity contribution is -0.0771. The van der Waals surface area contributed by atoms with Gasteiger partial charge in [-0.3, -0.25) is 14.9 Å². The van der Waals surface area contributed by atoms with E-state index in [0.29, 0.717) is 17.4 Å². The topological polar surface area (TPSA) is 81.0 Å². The molecule has 7 heteroatoms. The molecule has 1 N–H and O–H groups in total. The Morgan fingerprint density at radius 2 is 1.96 bits per heavy atom. The molecule has 0 saturated heterocycles. The number of fused-ring (bicyclic) bond motifs is 1. The smallest absolute Gasteiger partial charge is 0.412 e. The molecule has 130 valence electrons. The van der Waals surface area contributed by atoms with Gasteiger partial charge in [-0.25, -0.2) is 9.86 Å². The number of hydroxylamine groups is 2. The van der Waals surface area contributed by atoms with Crippen LogP contribution in [0.3, 0.4) is 0 Å². The van der Waals surface area contributed by atoms with Crippen LogP contribution in [-0.4, -0.2) is 36.8 Å². The molecule has 1 heterocycles. The summed E-state index contributed by atoms with van der Waals surface area (Å²) in [7, 11) is 2.82. The molecule has 0 bridgehead atoms. The third-order valence-corrected chi connectivity index (χ3v) is 3.80. The number of hydrogen-bond donors (Lipinski definition) is 1. The van der Waals surface area contributed by atoms with E-state index in [1.807, 2.05) is 20.8 Å². The highest BCUT2D eigenvalue weighted by Gasteiger charge is 2.27. The van der Waals surface area contributed by atoms with Crippen LogP contribution in [0, 0.1) is 0 Å². The van der Waals surface area contributed by atoms with E-state index in [0.717, 1.165) is 5.06 Å². The zero-order valence-corrected chi connectivity index (χ0v) is 14.5. The van der Waals surface area contributed by atoms with Crippen molar-refractivity contribution in [2.24, 2.45) is 0 Å².